The van der Waals surface area contributed by atoms with Crippen molar-refractivity contribution in [3.8, 4) is 11.3 Å². The molecule has 0 bridgehead atoms. The fourth-order valence-corrected chi connectivity index (χ4v) is 3.75. The molecule has 1 aliphatic rings. The van der Waals surface area contributed by atoms with E-state index in [2.05, 4.69) is 24.9 Å². The fraction of sp³-hybridized carbons (Fsp3) is 0.381. The highest BCUT2D eigenvalue weighted by Crippen LogP contribution is 2.32. The predicted molar refractivity (Wildman–Crippen MR) is 115 cm³/mol. The molecular weight excluding hydrogens is 429 g/mol. The number of anilines is 1. The van der Waals surface area contributed by atoms with Gasteiger partial charge in [0.1, 0.15) is 5.69 Å². The predicted octanol–water partition coefficient (Wildman–Crippen LogP) is 3.95. The molecule has 0 spiro atoms. The van der Waals surface area contributed by atoms with Crippen LogP contribution in [0.2, 0.25) is 0 Å². The molecular formula is C21H24ClF3N6. The van der Waals surface area contributed by atoms with Crippen LogP contribution in [0.4, 0.5) is 19.0 Å². The van der Waals surface area contributed by atoms with Crippen LogP contribution in [0.3, 0.4) is 0 Å². The van der Waals surface area contributed by atoms with E-state index >= 15 is 0 Å². The zero-order chi connectivity index (χ0) is 21.3. The Hall–Kier alpha value is -2.65. The topological polar surface area (TPSA) is 50.1 Å². The molecule has 10 heteroatoms. The molecule has 4 rings (SSSR count). The molecule has 2 aromatic heterocycles. The quantitative estimate of drug-likeness (QED) is 0.600. The van der Waals surface area contributed by atoms with Crippen molar-refractivity contribution < 1.29 is 13.2 Å². The van der Waals surface area contributed by atoms with Gasteiger partial charge < -0.3 is 4.90 Å². The molecule has 0 amide bonds. The summed E-state index contributed by atoms with van der Waals surface area (Å²) in [5.74, 6) is 0.703. The monoisotopic (exact) mass is 452 g/mol. The lowest BCUT2D eigenvalue weighted by atomic mass is 10.1. The summed E-state index contributed by atoms with van der Waals surface area (Å²) in [4.78, 5) is 13.4. The van der Waals surface area contributed by atoms with Gasteiger partial charge in [-0.25, -0.2) is 4.98 Å². The molecule has 1 aromatic carbocycles. The summed E-state index contributed by atoms with van der Waals surface area (Å²) in [6, 6.07) is 5.08. The standard InChI is InChI=1S/C21H23F3N6.ClH/c1-15-17(13-28(2)27-15)14-29-9-11-30(12-10-29)20-19(25-7-8-26-20)16-3-5-18(6-4-16)21(22,23)24;/h3-8,13H,9-12,14H2,1-2H3;1H. The first-order valence-electron chi connectivity index (χ1n) is 9.76. The molecule has 0 radical (unpaired) electrons. The molecule has 1 aliphatic heterocycles. The minimum atomic E-state index is -4.35. The highest BCUT2D eigenvalue weighted by Gasteiger charge is 2.30. The van der Waals surface area contributed by atoms with Crippen molar-refractivity contribution in [2.75, 3.05) is 31.1 Å². The van der Waals surface area contributed by atoms with Crippen molar-refractivity contribution in [3.63, 3.8) is 0 Å². The van der Waals surface area contributed by atoms with E-state index in [1.807, 2.05) is 24.9 Å². The third kappa shape index (κ3) is 5.16. The molecule has 1 saturated heterocycles. The average Bonchev–Trinajstić information content (AvgIpc) is 3.05. The van der Waals surface area contributed by atoms with Crippen molar-refractivity contribution in [1.82, 2.24) is 24.6 Å². The maximum atomic E-state index is 12.9. The van der Waals surface area contributed by atoms with Gasteiger partial charge in [0.25, 0.3) is 0 Å². The molecule has 166 valence electrons. The minimum Gasteiger partial charge on any atom is -0.352 e. The summed E-state index contributed by atoms with van der Waals surface area (Å²) in [7, 11) is 1.92. The van der Waals surface area contributed by atoms with Crippen LogP contribution in [-0.4, -0.2) is 50.8 Å². The smallest absolute Gasteiger partial charge is 0.352 e. The second kappa shape index (κ2) is 9.23. The number of aryl methyl sites for hydroxylation is 2. The number of rotatable bonds is 4. The normalized spacial score (nSPS) is 15.1. The molecule has 3 heterocycles. The van der Waals surface area contributed by atoms with E-state index < -0.39 is 11.7 Å². The first-order valence-corrected chi connectivity index (χ1v) is 9.76. The Morgan fingerprint density at radius 2 is 1.61 bits per heavy atom. The van der Waals surface area contributed by atoms with Crippen LogP contribution in [0.15, 0.2) is 42.9 Å². The lowest BCUT2D eigenvalue weighted by molar-refractivity contribution is -0.137. The molecule has 0 atom stereocenters. The minimum absolute atomic E-state index is 0. The molecule has 31 heavy (non-hydrogen) atoms. The Morgan fingerprint density at radius 3 is 2.19 bits per heavy atom. The van der Waals surface area contributed by atoms with Crippen molar-refractivity contribution in [2.24, 2.45) is 7.05 Å². The van der Waals surface area contributed by atoms with E-state index in [0.717, 1.165) is 50.6 Å². The first-order chi connectivity index (χ1) is 14.3. The summed E-state index contributed by atoms with van der Waals surface area (Å²) in [6.45, 7) is 6.12. The van der Waals surface area contributed by atoms with Crippen molar-refractivity contribution in [2.45, 2.75) is 19.6 Å². The van der Waals surface area contributed by atoms with E-state index in [-0.39, 0.29) is 12.4 Å². The van der Waals surface area contributed by atoms with Crippen LogP contribution in [0, 0.1) is 6.92 Å². The van der Waals surface area contributed by atoms with Gasteiger partial charge in [-0.05, 0) is 19.1 Å². The molecule has 0 saturated carbocycles. The van der Waals surface area contributed by atoms with E-state index in [0.29, 0.717) is 17.1 Å². The fourth-order valence-electron chi connectivity index (χ4n) is 3.75. The number of benzene rings is 1. The van der Waals surface area contributed by atoms with Crippen molar-refractivity contribution >= 4 is 18.2 Å². The summed E-state index contributed by atoms with van der Waals surface area (Å²) in [5.41, 5.74) is 2.81. The highest BCUT2D eigenvalue weighted by atomic mass is 35.5. The van der Waals surface area contributed by atoms with Gasteiger partial charge in [0.05, 0.1) is 11.3 Å². The Morgan fingerprint density at radius 1 is 0.968 bits per heavy atom. The molecule has 3 aromatic rings. The molecule has 0 N–H and O–H groups in total. The van der Waals surface area contributed by atoms with Gasteiger partial charge in [-0.15, -0.1) is 12.4 Å². The van der Waals surface area contributed by atoms with Gasteiger partial charge in [-0.1, -0.05) is 12.1 Å². The van der Waals surface area contributed by atoms with Gasteiger partial charge in [-0.3, -0.25) is 14.6 Å². The Bertz CT molecular complexity index is 1010. The van der Waals surface area contributed by atoms with E-state index in [1.54, 1.807) is 12.4 Å². The highest BCUT2D eigenvalue weighted by molar-refractivity contribution is 5.85. The van der Waals surface area contributed by atoms with Crippen LogP contribution in [0.25, 0.3) is 11.3 Å². The lowest BCUT2D eigenvalue weighted by Gasteiger charge is -2.35. The Balaban J connectivity index is 0.00000272. The van der Waals surface area contributed by atoms with Crippen molar-refractivity contribution in [3.05, 3.63) is 59.7 Å². The largest absolute Gasteiger partial charge is 0.416 e. The number of hydrogen-bond donors (Lipinski definition) is 0. The summed E-state index contributed by atoms with van der Waals surface area (Å²) >= 11 is 0. The van der Waals surface area contributed by atoms with E-state index in [4.69, 9.17) is 0 Å². The van der Waals surface area contributed by atoms with Gasteiger partial charge in [0.15, 0.2) is 5.82 Å². The second-order valence-corrected chi connectivity index (χ2v) is 7.48. The van der Waals surface area contributed by atoms with E-state index in [1.165, 1.54) is 17.7 Å². The molecule has 0 aliphatic carbocycles. The molecule has 6 nitrogen and oxygen atoms in total. The van der Waals surface area contributed by atoms with Gasteiger partial charge in [-0.2, -0.15) is 18.3 Å². The number of alkyl halides is 3. The maximum absolute atomic E-state index is 12.9. The molecule has 0 unspecified atom stereocenters. The lowest BCUT2D eigenvalue weighted by Crippen LogP contribution is -2.46. The summed E-state index contributed by atoms with van der Waals surface area (Å²) < 4.78 is 40.4. The zero-order valence-electron chi connectivity index (χ0n) is 17.3. The van der Waals surface area contributed by atoms with Crippen molar-refractivity contribution in [1.29, 1.82) is 0 Å². The van der Waals surface area contributed by atoms with Gasteiger partial charge in [0.2, 0.25) is 0 Å². The zero-order valence-corrected chi connectivity index (χ0v) is 18.1. The van der Waals surface area contributed by atoms with Crippen LogP contribution in [0.1, 0.15) is 16.8 Å². The van der Waals surface area contributed by atoms with Crippen LogP contribution in [-0.2, 0) is 19.8 Å². The first kappa shape index (κ1) is 23.0. The van der Waals surface area contributed by atoms with Gasteiger partial charge >= 0.3 is 6.18 Å². The Kier molecular flexibility index (Phi) is 6.86. The van der Waals surface area contributed by atoms with Gasteiger partial charge in [0, 0.05) is 69.5 Å². The number of piperazine rings is 1. The Labute approximate surface area is 185 Å². The second-order valence-electron chi connectivity index (χ2n) is 7.48. The maximum Gasteiger partial charge on any atom is 0.416 e. The summed E-state index contributed by atoms with van der Waals surface area (Å²) in [5, 5.41) is 4.40. The SMILES string of the molecule is Cc1nn(C)cc1CN1CCN(c2nccnc2-c2ccc(C(F)(F)F)cc2)CC1.Cl. The van der Waals surface area contributed by atoms with Crippen LogP contribution >= 0.6 is 12.4 Å². The molecule has 1 fully saturated rings. The van der Waals surface area contributed by atoms with Crippen LogP contribution in [0.5, 0.6) is 0 Å². The van der Waals surface area contributed by atoms with E-state index in [9.17, 15) is 13.2 Å². The average molecular weight is 453 g/mol. The summed E-state index contributed by atoms with van der Waals surface area (Å²) in [6.07, 6.45) is 0.881. The number of nitrogens with zero attached hydrogens (tertiary/aromatic N) is 6. The number of hydrogen-bond acceptors (Lipinski definition) is 5. The third-order valence-corrected chi connectivity index (χ3v) is 5.35. The number of halogens is 4. The third-order valence-electron chi connectivity index (χ3n) is 5.35. The number of aromatic nitrogens is 4. The van der Waals surface area contributed by atoms with Crippen LogP contribution < -0.4 is 4.90 Å².